The van der Waals surface area contributed by atoms with Gasteiger partial charge in [-0.1, -0.05) is 44.2 Å². The predicted molar refractivity (Wildman–Crippen MR) is 215 cm³/mol. The van der Waals surface area contributed by atoms with Crippen molar-refractivity contribution >= 4 is 11.9 Å². The zero-order chi connectivity index (χ0) is 50.8. The number of carboxylic acids is 2. The number of aliphatic hydroxyl groups excluding tert-OH is 1. The molecular formula is C45H60N2O10. The molecule has 4 aliphatic rings. The maximum Gasteiger partial charge on any atom is 0.306 e. The third kappa shape index (κ3) is 9.68. The van der Waals surface area contributed by atoms with E-state index in [1.807, 2.05) is 30.3 Å². The van der Waals surface area contributed by atoms with E-state index < -0.39 is 58.0 Å². The van der Waals surface area contributed by atoms with E-state index in [4.69, 9.17) is 40.1 Å². The Morgan fingerprint density at radius 3 is 1.70 bits per heavy atom. The number of nitrogens with zero attached hydrogens (tertiary/aromatic N) is 2. The number of fused-ring (bicyclic) bond motifs is 6. The van der Waals surface area contributed by atoms with Crippen LogP contribution in [0, 0.1) is 23.7 Å². The average molecular weight is 801 g/mol. The van der Waals surface area contributed by atoms with Gasteiger partial charge in [-0.05, 0) is 102 Å². The zero-order valence-corrected chi connectivity index (χ0v) is 32.2. The number of aliphatic hydroxyl groups is 1. The van der Waals surface area contributed by atoms with Crippen LogP contribution in [0.3, 0.4) is 0 Å². The zero-order valence-electron chi connectivity index (χ0n) is 44.2. The first-order valence-electron chi connectivity index (χ1n) is 25.4. The van der Waals surface area contributed by atoms with Gasteiger partial charge in [-0.15, -0.1) is 0 Å². The van der Waals surface area contributed by atoms with Gasteiger partial charge in [0, 0.05) is 38.3 Å². The summed E-state index contributed by atoms with van der Waals surface area (Å²) in [5.74, 6) is -3.63. The van der Waals surface area contributed by atoms with Crippen molar-refractivity contribution in [1.29, 1.82) is 0 Å². The van der Waals surface area contributed by atoms with E-state index in [-0.39, 0.29) is 53.0 Å². The Morgan fingerprint density at radius 1 is 0.719 bits per heavy atom. The smallest absolute Gasteiger partial charge is 0.306 e. The van der Waals surface area contributed by atoms with Crippen LogP contribution < -0.4 is 18.9 Å². The molecule has 0 radical (unpaired) electrons. The topological polar surface area (TPSA) is 147 Å². The van der Waals surface area contributed by atoms with Crippen molar-refractivity contribution in [3.8, 4) is 23.0 Å². The number of rotatable bonds is 13. The van der Waals surface area contributed by atoms with E-state index in [9.17, 15) is 24.9 Å². The number of ether oxygens (including phenoxy) is 5. The molecule has 310 valence electrons. The highest BCUT2D eigenvalue weighted by Crippen LogP contribution is 2.46. The van der Waals surface area contributed by atoms with Gasteiger partial charge in [0.15, 0.2) is 23.0 Å². The third-order valence-corrected chi connectivity index (χ3v) is 12.2. The quantitative estimate of drug-likeness (QED) is 0.176. The van der Waals surface area contributed by atoms with Crippen LogP contribution in [0.5, 0.6) is 23.0 Å². The number of aliphatic carboxylic acids is 2. The van der Waals surface area contributed by atoms with Crippen molar-refractivity contribution in [1.82, 2.24) is 9.80 Å². The second-order valence-electron chi connectivity index (χ2n) is 15.8. The fourth-order valence-corrected chi connectivity index (χ4v) is 9.06. The summed E-state index contributed by atoms with van der Waals surface area (Å²) in [6.45, 7) is 6.21. The molecule has 2 fully saturated rings. The van der Waals surface area contributed by atoms with Crippen LogP contribution in [-0.2, 0) is 33.8 Å². The molecule has 2 unspecified atom stereocenters. The Balaban J connectivity index is 0.000000232. The Bertz CT molecular complexity index is 2260. The molecule has 2 saturated heterocycles. The predicted octanol–water partition coefficient (Wildman–Crippen LogP) is 6.41. The van der Waals surface area contributed by atoms with Crippen molar-refractivity contribution in [2.75, 3.05) is 54.3 Å². The highest BCUT2D eigenvalue weighted by molar-refractivity contribution is 5.69. The number of hydrogen-bond acceptors (Lipinski definition) is 10. The third-order valence-electron chi connectivity index (χ3n) is 12.2. The number of hydrogen-bond donors (Lipinski definition) is 3. The summed E-state index contributed by atoms with van der Waals surface area (Å²) in [5.41, 5.74) is 4.29. The molecule has 3 aromatic rings. The highest BCUT2D eigenvalue weighted by Gasteiger charge is 2.42. The van der Waals surface area contributed by atoms with E-state index in [0.717, 1.165) is 27.8 Å². The SMILES string of the molecule is [2H]C([2H])([2H])Oc1cc2c(cc1OC([2H])([2H])[2H])[C@@H]1C[C@@H](O)[C@@H](CC(C)C(=O)O)CN1CC2.[2H]C([2H])([2H])Oc1cc2c(cc1OC([2H])([2H])[2H])[C@@H]1C[C@@H](OCc3ccccc3)[C@@H](CC(C)C(=O)O)CN1CC2. The molecule has 0 saturated carbocycles. The highest BCUT2D eigenvalue weighted by atomic mass is 16.5. The monoisotopic (exact) mass is 801 g/mol. The fraction of sp³-hybridized carbons (Fsp3) is 0.556. The first kappa shape index (κ1) is 28.9. The Kier molecular flexibility index (Phi) is 9.61. The molecule has 0 aromatic heterocycles. The summed E-state index contributed by atoms with van der Waals surface area (Å²) in [7, 11) is -11.1. The summed E-state index contributed by atoms with van der Waals surface area (Å²) >= 11 is 0. The maximum atomic E-state index is 11.6. The van der Waals surface area contributed by atoms with E-state index in [1.54, 1.807) is 26.0 Å². The van der Waals surface area contributed by atoms with Crippen molar-refractivity contribution in [3.05, 3.63) is 82.4 Å². The second-order valence-corrected chi connectivity index (χ2v) is 15.8. The first-order chi connectivity index (χ1) is 32.0. The molecule has 0 spiro atoms. The fourth-order valence-electron chi connectivity index (χ4n) is 9.06. The normalized spacial score (nSPS) is 29.2. The molecule has 57 heavy (non-hydrogen) atoms. The second kappa shape index (κ2) is 18.9. The molecule has 0 aliphatic carbocycles. The molecule has 12 heteroatoms. The summed E-state index contributed by atoms with van der Waals surface area (Å²) in [4.78, 5) is 27.2. The number of carboxylic acid groups (broad SMARTS) is 2. The van der Waals surface area contributed by atoms with E-state index in [1.165, 1.54) is 12.1 Å². The van der Waals surface area contributed by atoms with E-state index in [2.05, 4.69) is 9.80 Å². The Labute approximate surface area is 353 Å². The van der Waals surface area contributed by atoms with E-state index >= 15 is 0 Å². The van der Waals surface area contributed by atoms with Crippen LogP contribution in [0.2, 0.25) is 0 Å². The molecule has 3 N–H and O–H groups in total. The van der Waals surface area contributed by atoms with Gasteiger partial charge in [0.2, 0.25) is 0 Å². The molecule has 12 nitrogen and oxygen atoms in total. The molecule has 8 atom stereocenters. The summed E-state index contributed by atoms with van der Waals surface area (Å²) in [6, 6.07) is 15.6. The lowest BCUT2D eigenvalue weighted by molar-refractivity contribution is -0.143. The van der Waals surface area contributed by atoms with Gasteiger partial charge >= 0.3 is 11.9 Å². The molecule has 4 aliphatic heterocycles. The minimum atomic E-state index is -2.79. The van der Waals surface area contributed by atoms with Crippen LogP contribution in [0.4, 0.5) is 0 Å². The molecule has 7 rings (SSSR count). The van der Waals surface area contributed by atoms with Gasteiger partial charge in [-0.25, -0.2) is 0 Å². The van der Waals surface area contributed by atoms with Crippen LogP contribution in [0.15, 0.2) is 54.6 Å². The van der Waals surface area contributed by atoms with E-state index in [0.29, 0.717) is 71.3 Å². The lowest BCUT2D eigenvalue weighted by atomic mass is 9.78. The summed E-state index contributed by atoms with van der Waals surface area (Å²) in [6.07, 6.45) is 2.02. The lowest BCUT2D eigenvalue weighted by Crippen LogP contribution is -2.49. The lowest BCUT2D eigenvalue weighted by Gasteiger charge is -2.47. The summed E-state index contributed by atoms with van der Waals surface area (Å²) < 4.78 is 116. The molecule has 0 amide bonds. The van der Waals surface area contributed by atoms with Gasteiger partial charge in [0.25, 0.3) is 0 Å². The van der Waals surface area contributed by atoms with Gasteiger partial charge in [0.1, 0.15) is 0 Å². The summed E-state index contributed by atoms with van der Waals surface area (Å²) in [5, 5.41) is 29.4. The van der Waals surface area contributed by atoms with Gasteiger partial charge in [-0.2, -0.15) is 0 Å². The van der Waals surface area contributed by atoms with Crippen molar-refractivity contribution in [2.24, 2.45) is 23.7 Å². The van der Waals surface area contributed by atoms with Crippen LogP contribution >= 0.6 is 0 Å². The molecule has 0 bridgehead atoms. The number of benzene rings is 3. The van der Waals surface area contributed by atoms with Gasteiger partial charge < -0.3 is 39.0 Å². The standard InChI is InChI=1S/C26H33NO5.C19H27NO5/c1-17(26(28)29)11-20-15-27-10-9-19-12-24(30-2)25(31-3)13-21(19)22(27)14-23(20)32-16-18-7-5-4-6-8-18;1-11(19(22)23)6-13-10-20-5-4-12-7-17(24-2)18(25-3)8-14(12)15(20)9-16(13)21/h4-8,12-13,17,20,22-23H,9-11,14-16H2,1-3H3,(H,28,29);7-8,11,13,15-16,21H,4-6,9-10H2,1-3H3,(H,22,23)/t17?,20-,22-,23+;11?,13-,15-,16+/m00/s1/i2*2D3,3D3. The van der Waals surface area contributed by atoms with Gasteiger partial charge in [0.05, 0.1) is 75.3 Å². The molecule has 3 aromatic carbocycles. The Morgan fingerprint density at radius 2 is 1.19 bits per heavy atom. The van der Waals surface area contributed by atoms with Crippen LogP contribution in [0.1, 0.15) is 95.9 Å². The number of piperidine rings is 2. The van der Waals surface area contributed by atoms with Crippen molar-refractivity contribution in [3.63, 3.8) is 0 Å². The van der Waals surface area contributed by atoms with Crippen molar-refractivity contribution < 1.29 is 65.0 Å². The number of methoxy groups -OCH3 is 4. The average Bonchev–Trinajstić information content (AvgIpc) is 3.22. The number of carbonyl (C=O) groups is 2. The maximum absolute atomic E-state index is 11.6. The Hall–Kier alpha value is -4.36. The molecular weight excluding hydrogens is 728 g/mol. The first-order valence-corrected chi connectivity index (χ1v) is 19.4. The minimum Gasteiger partial charge on any atom is -0.493 e. The van der Waals surface area contributed by atoms with Crippen LogP contribution in [-0.4, -0.2) is 104 Å². The molecule has 4 heterocycles. The van der Waals surface area contributed by atoms with Gasteiger partial charge in [-0.3, -0.25) is 19.4 Å². The van der Waals surface area contributed by atoms with Crippen molar-refractivity contribution in [2.45, 2.75) is 83.3 Å². The van der Waals surface area contributed by atoms with Crippen LogP contribution in [0.25, 0.3) is 0 Å². The largest absolute Gasteiger partial charge is 0.493 e. The minimum absolute atomic E-state index is 0.00104.